The van der Waals surface area contributed by atoms with Crippen LogP contribution in [0, 0.1) is 6.92 Å². The van der Waals surface area contributed by atoms with E-state index in [-0.39, 0.29) is 0 Å². The number of carbonyl (C=O) groups is 1. The Balaban J connectivity index is 2.45. The van der Waals surface area contributed by atoms with E-state index in [1.165, 1.54) is 5.56 Å². The molecule has 0 fully saturated rings. The molecule has 0 aliphatic carbocycles. The Hall–Kier alpha value is -2.03. The van der Waals surface area contributed by atoms with Gasteiger partial charge in [0.25, 0.3) is 5.91 Å². The quantitative estimate of drug-likeness (QED) is 0.817. The molecule has 2 rings (SSSR count). The number of primary amides is 1. The minimum atomic E-state index is -0.402. The summed E-state index contributed by atoms with van der Waals surface area (Å²) < 4.78 is 1.75. The van der Waals surface area contributed by atoms with Crippen LogP contribution in [-0.4, -0.2) is 10.5 Å². The van der Waals surface area contributed by atoms with E-state index in [0.29, 0.717) is 5.69 Å². The molecule has 2 aromatic rings. The molecule has 2 N–H and O–H groups in total. The summed E-state index contributed by atoms with van der Waals surface area (Å²) in [4.78, 5) is 11.1. The van der Waals surface area contributed by atoms with E-state index >= 15 is 0 Å². The number of rotatable bonds is 2. The predicted octanol–water partition coefficient (Wildman–Crippen LogP) is 2.10. The summed E-state index contributed by atoms with van der Waals surface area (Å²) in [7, 11) is 1.82. The summed E-state index contributed by atoms with van der Waals surface area (Å²) >= 11 is 0. The zero-order valence-corrected chi connectivity index (χ0v) is 9.40. The van der Waals surface area contributed by atoms with E-state index < -0.39 is 5.91 Å². The number of carbonyl (C=O) groups excluding carboxylic acids is 1. The summed E-state index contributed by atoms with van der Waals surface area (Å²) in [6.07, 6.45) is 1.91. The Kier molecular flexibility index (Phi) is 2.52. The molecular weight excluding hydrogens is 200 g/mol. The first kappa shape index (κ1) is 10.5. The van der Waals surface area contributed by atoms with Gasteiger partial charge in [-0.2, -0.15) is 0 Å². The van der Waals surface area contributed by atoms with Gasteiger partial charge in [0, 0.05) is 18.8 Å². The second-order valence-electron chi connectivity index (χ2n) is 3.96. The van der Waals surface area contributed by atoms with Gasteiger partial charge in [0.15, 0.2) is 0 Å². The third-order valence-corrected chi connectivity index (χ3v) is 2.64. The smallest absolute Gasteiger partial charge is 0.265 e. The Morgan fingerprint density at radius 3 is 2.31 bits per heavy atom. The Labute approximate surface area is 94.5 Å². The number of hydrogen-bond donors (Lipinski definition) is 1. The maximum Gasteiger partial charge on any atom is 0.265 e. The average molecular weight is 214 g/mol. The number of nitrogens with zero attached hydrogens (tertiary/aromatic N) is 1. The number of aromatic nitrogens is 1. The van der Waals surface area contributed by atoms with Crippen LogP contribution in [0.15, 0.2) is 36.5 Å². The van der Waals surface area contributed by atoms with Gasteiger partial charge in [-0.1, -0.05) is 29.8 Å². The first-order valence-corrected chi connectivity index (χ1v) is 5.11. The minimum absolute atomic E-state index is 0.402. The van der Waals surface area contributed by atoms with Gasteiger partial charge in [-0.15, -0.1) is 0 Å². The molecule has 1 aromatic carbocycles. The molecule has 0 bridgehead atoms. The highest BCUT2D eigenvalue weighted by Crippen LogP contribution is 2.21. The van der Waals surface area contributed by atoms with Crippen LogP contribution in [0.2, 0.25) is 0 Å². The SMILES string of the molecule is Cc1ccc(-c2cc(C(N)=O)n(C)c2)cc1. The second kappa shape index (κ2) is 3.85. The van der Waals surface area contributed by atoms with Crippen molar-refractivity contribution in [1.29, 1.82) is 0 Å². The lowest BCUT2D eigenvalue weighted by Crippen LogP contribution is -2.14. The Morgan fingerprint density at radius 2 is 1.81 bits per heavy atom. The van der Waals surface area contributed by atoms with Gasteiger partial charge < -0.3 is 10.3 Å². The number of benzene rings is 1. The first-order chi connectivity index (χ1) is 7.58. The van der Waals surface area contributed by atoms with Crippen molar-refractivity contribution >= 4 is 5.91 Å². The summed E-state index contributed by atoms with van der Waals surface area (Å²) in [6, 6.07) is 9.98. The monoisotopic (exact) mass is 214 g/mol. The van der Waals surface area contributed by atoms with Crippen molar-refractivity contribution in [1.82, 2.24) is 4.57 Å². The van der Waals surface area contributed by atoms with Gasteiger partial charge in [-0.05, 0) is 18.6 Å². The van der Waals surface area contributed by atoms with Crippen molar-refractivity contribution in [2.45, 2.75) is 6.92 Å². The first-order valence-electron chi connectivity index (χ1n) is 5.11. The van der Waals surface area contributed by atoms with Gasteiger partial charge in [-0.25, -0.2) is 0 Å². The van der Waals surface area contributed by atoms with E-state index in [9.17, 15) is 4.79 Å². The van der Waals surface area contributed by atoms with Crippen molar-refractivity contribution in [3.05, 3.63) is 47.8 Å². The Morgan fingerprint density at radius 1 is 1.19 bits per heavy atom. The summed E-state index contributed by atoms with van der Waals surface area (Å²) in [5.41, 5.74) is 9.11. The third kappa shape index (κ3) is 1.84. The van der Waals surface area contributed by atoms with Crippen molar-refractivity contribution in [2.24, 2.45) is 12.8 Å². The van der Waals surface area contributed by atoms with E-state index in [2.05, 4.69) is 0 Å². The van der Waals surface area contributed by atoms with E-state index in [1.807, 2.05) is 50.5 Å². The maximum absolute atomic E-state index is 11.1. The molecule has 82 valence electrons. The molecular formula is C13H14N2O. The molecule has 16 heavy (non-hydrogen) atoms. The van der Waals surface area contributed by atoms with Crippen molar-refractivity contribution in [3.8, 4) is 11.1 Å². The lowest BCUT2D eigenvalue weighted by atomic mass is 10.1. The van der Waals surface area contributed by atoms with Crippen LogP contribution >= 0.6 is 0 Å². The molecule has 3 heteroatoms. The molecule has 0 aliphatic heterocycles. The van der Waals surface area contributed by atoms with Crippen molar-refractivity contribution in [2.75, 3.05) is 0 Å². The van der Waals surface area contributed by atoms with Crippen LogP contribution in [0.4, 0.5) is 0 Å². The molecule has 3 nitrogen and oxygen atoms in total. The van der Waals surface area contributed by atoms with Crippen LogP contribution in [0.1, 0.15) is 16.1 Å². The predicted molar refractivity (Wildman–Crippen MR) is 64.1 cm³/mol. The molecule has 0 saturated carbocycles. The second-order valence-corrected chi connectivity index (χ2v) is 3.96. The zero-order valence-electron chi connectivity index (χ0n) is 9.40. The standard InChI is InChI=1S/C13H14N2O/c1-9-3-5-10(6-4-9)11-7-12(13(14)16)15(2)8-11/h3-8H,1-2H3,(H2,14,16). The van der Waals surface area contributed by atoms with E-state index in [0.717, 1.165) is 11.1 Å². The summed E-state index contributed by atoms with van der Waals surface area (Å²) in [5, 5.41) is 0. The van der Waals surface area contributed by atoms with Crippen molar-refractivity contribution < 1.29 is 4.79 Å². The minimum Gasteiger partial charge on any atom is -0.364 e. The third-order valence-electron chi connectivity index (χ3n) is 2.64. The van der Waals surface area contributed by atoms with Gasteiger partial charge in [0.1, 0.15) is 5.69 Å². The number of hydrogen-bond acceptors (Lipinski definition) is 1. The van der Waals surface area contributed by atoms with E-state index in [4.69, 9.17) is 5.73 Å². The summed E-state index contributed by atoms with van der Waals surface area (Å²) in [5.74, 6) is -0.402. The molecule has 0 saturated heterocycles. The molecule has 0 radical (unpaired) electrons. The fourth-order valence-electron chi connectivity index (χ4n) is 1.71. The summed E-state index contributed by atoms with van der Waals surface area (Å²) in [6.45, 7) is 2.05. The fourth-order valence-corrected chi connectivity index (χ4v) is 1.71. The lowest BCUT2D eigenvalue weighted by molar-refractivity contribution is 0.0992. The van der Waals surface area contributed by atoms with E-state index in [1.54, 1.807) is 4.57 Å². The van der Waals surface area contributed by atoms with Crippen LogP contribution in [0.3, 0.4) is 0 Å². The highest BCUT2D eigenvalue weighted by molar-refractivity contribution is 5.93. The van der Waals surface area contributed by atoms with Crippen LogP contribution in [0.5, 0.6) is 0 Å². The van der Waals surface area contributed by atoms with Gasteiger partial charge in [-0.3, -0.25) is 4.79 Å². The largest absolute Gasteiger partial charge is 0.364 e. The normalized spacial score (nSPS) is 10.4. The molecule has 1 aromatic heterocycles. The molecule has 1 heterocycles. The molecule has 0 spiro atoms. The van der Waals surface area contributed by atoms with Crippen LogP contribution in [-0.2, 0) is 7.05 Å². The molecule has 0 unspecified atom stereocenters. The van der Waals surface area contributed by atoms with Gasteiger partial charge in [0.05, 0.1) is 0 Å². The Bertz CT molecular complexity index is 523. The molecule has 1 amide bonds. The highest BCUT2D eigenvalue weighted by atomic mass is 16.1. The zero-order chi connectivity index (χ0) is 11.7. The number of amides is 1. The van der Waals surface area contributed by atoms with Crippen LogP contribution in [0.25, 0.3) is 11.1 Å². The molecule has 0 atom stereocenters. The number of aryl methyl sites for hydroxylation is 2. The van der Waals surface area contributed by atoms with Crippen molar-refractivity contribution in [3.63, 3.8) is 0 Å². The molecule has 0 aliphatic rings. The topological polar surface area (TPSA) is 48.0 Å². The van der Waals surface area contributed by atoms with Gasteiger partial charge >= 0.3 is 0 Å². The van der Waals surface area contributed by atoms with Crippen LogP contribution < -0.4 is 5.73 Å². The highest BCUT2D eigenvalue weighted by Gasteiger charge is 2.08. The fraction of sp³-hybridized carbons (Fsp3) is 0.154. The lowest BCUT2D eigenvalue weighted by Gasteiger charge is -1.97. The number of nitrogens with two attached hydrogens (primary N) is 1. The van der Waals surface area contributed by atoms with Gasteiger partial charge in [0.2, 0.25) is 0 Å². The maximum atomic E-state index is 11.1. The average Bonchev–Trinajstić information content (AvgIpc) is 2.61.